The van der Waals surface area contributed by atoms with Gasteiger partial charge in [-0.15, -0.1) is 0 Å². The van der Waals surface area contributed by atoms with Crippen molar-refractivity contribution in [2.24, 2.45) is 11.3 Å². The summed E-state index contributed by atoms with van der Waals surface area (Å²) in [6.45, 7) is 6.51. The van der Waals surface area contributed by atoms with Gasteiger partial charge in [-0.05, 0) is 55.3 Å². The maximum Gasteiger partial charge on any atom is 0.253 e. The molecule has 3 rings (SSSR count). The number of ketones is 1. The number of benzene rings is 2. The van der Waals surface area contributed by atoms with Gasteiger partial charge in [0.05, 0.1) is 0 Å². The van der Waals surface area contributed by atoms with Crippen LogP contribution < -0.4 is 5.32 Å². The molecule has 6 nitrogen and oxygen atoms in total. The van der Waals surface area contributed by atoms with Gasteiger partial charge >= 0.3 is 0 Å². The maximum atomic E-state index is 12.9. The van der Waals surface area contributed by atoms with Crippen LogP contribution in [-0.2, 0) is 4.79 Å². The van der Waals surface area contributed by atoms with Gasteiger partial charge in [0, 0.05) is 41.2 Å². The van der Waals surface area contributed by atoms with E-state index < -0.39 is 5.41 Å². The van der Waals surface area contributed by atoms with Crippen molar-refractivity contribution in [3.05, 3.63) is 59.7 Å². The highest BCUT2D eigenvalue weighted by Crippen LogP contribution is 2.25. The number of hydrogen-bond acceptors (Lipinski definition) is 4. The van der Waals surface area contributed by atoms with E-state index in [1.165, 1.54) is 12.1 Å². The van der Waals surface area contributed by atoms with Crippen molar-refractivity contribution in [3.63, 3.8) is 0 Å². The van der Waals surface area contributed by atoms with Crippen LogP contribution in [0, 0.1) is 11.3 Å². The van der Waals surface area contributed by atoms with Crippen LogP contribution in [-0.4, -0.2) is 40.7 Å². The fraction of sp³-hybridized carbons (Fsp3) is 0.375. The van der Waals surface area contributed by atoms with Crippen LogP contribution in [0.5, 0.6) is 5.75 Å². The zero-order chi connectivity index (χ0) is 21.9. The number of aromatic hydroxyl groups is 1. The SMILES string of the molecule is CC(C)(C)C(=O)Nc1cccc(C(=O)N2CCC(C(=O)c3ccc(O)cc3)CC2)c1. The molecule has 0 atom stereocenters. The van der Waals surface area contributed by atoms with Gasteiger partial charge in [-0.3, -0.25) is 14.4 Å². The molecule has 0 radical (unpaired) electrons. The number of amides is 2. The number of anilines is 1. The number of rotatable bonds is 4. The van der Waals surface area contributed by atoms with E-state index in [0.29, 0.717) is 42.7 Å². The summed E-state index contributed by atoms with van der Waals surface area (Å²) in [5.41, 5.74) is 1.18. The molecule has 2 N–H and O–H groups in total. The predicted octanol–water partition coefficient (Wildman–Crippen LogP) is 4.11. The predicted molar refractivity (Wildman–Crippen MR) is 116 cm³/mol. The third-order valence-corrected chi connectivity index (χ3v) is 5.35. The smallest absolute Gasteiger partial charge is 0.253 e. The molecule has 1 heterocycles. The third kappa shape index (κ3) is 5.06. The molecule has 158 valence electrons. The quantitative estimate of drug-likeness (QED) is 0.746. The summed E-state index contributed by atoms with van der Waals surface area (Å²) in [7, 11) is 0. The fourth-order valence-corrected chi connectivity index (χ4v) is 3.44. The van der Waals surface area contributed by atoms with E-state index in [4.69, 9.17) is 0 Å². The highest BCUT2D eigenvalue weighted by molar-refractivity contribution is 5.99. The van der Waals surface area contributed by atoms with Crippen molar-refractivity contribution in [3.8, 4) is 5.75 Å². The zero-order valence-electron chi connectivity index (χ0n) is 17.6. The van der Waals surface area contributed by atoms with E-state index >= 15 is 0 Å². The number of Topliss-reactive ketones (excluding diaryl/α,β-unsaturated/α-hetero) is 1. The molecule has 2 aromatic rings. The zero-order valence-corrected chi connectivity index (χ0v) is 17.6. The van der Waals surface area contributed by atoms with Gasteiger partial charge in [-0.1, -0.05) is 26.8 Å². The first-order valence-corrected chi connectivity index (χ1v) is 10.2. The number of hydrogen-bond donors (Lipinski definition) is 2. The normalized spacial score (nSPS) is 15.0. The van der Waals surface area contributed by atoms with Gasteiger partial charge < -0.3 is 15.3 Å². The van der Waals surface area contributed by atoms with E-state index in [-0.39, 0.29) is 29.3 Å². The number of piperidine rings is 1. The standard InChI is InChI=1S/C24H28N2O4/c1-24(2,3)23(30)25-19-6-4-5-18(15-19)22(29)26-13-11-17(12-14-26)21(28)16-7-9-20(27)10-8-16/h4-10,15,17,27H,11-14H2,1-3H3,(H,25,30). The van der Waals surface area contributed by atoms with Gasteiger partial charge in [-0.25, -0.2) is 0 Å². The summed E-state index contributed by atoms with van der Waals surface area (Å²) in [5, 5.41) is 12.2. The molecule has 0 aliphatic carbocycles. The van der Waals surface area contributed by atoms with E-state index in [0.717, 1.165) is 0 Å². The lowest BCUT2D eigenvalue weighted by Gasteiger charge is -2.31. The molecule has 2 amide bonds. The van der Waals surface area contributed by atoms with E-state index in [1.807, 2.05) is 20.8 Å². The Kier molecular flexibility index (Phi) is 6.25. The fourth-order valence-electron chi connectivity index (χ4n) is 3.44. The Morgan fingerprint density at radius 1 is 0.967 bits per heavy atom. The van der Waals surface area contributed by atoms with Crippen LogP contribution >= 0.6 is 0 Å². The van der Waals surface area contributed by atoms with Crippen LogP contribution in [0.3, 0.4) is 0 Å². The molecule has 0 saturated carbocycles. The maximum absolute atomic E-state index is 12.9. The summed E-state index contributed by atoms with van der Waals surface area (Å²) >= 11 is 0. The monoisotopic (exact) mass is 408 g/mol. The van der Waals surface area contributed by atoms with E-state index in [9.17, 15) is 19.5 Å². The molecule has 1 fully saturated rings. The first-order valence-electron chi connectivity index (χ1n) is 10.2. The lowest BCUT2D eigenvalue weighted by Crippen LogP contribution is -2.40. The summed E-state index contributed by atoms with van der Waals surface area (Å²) < 4.78 is 0. The summed E-state index contributed by atoms with van der Waals surface area (Å²) in [6, 6.07) is 13.2. The number of carbonyl (C=O) groups excluding carboxylic acids is 3. The minimum Gasteiger partial charge on any atom is -0.508 e. The number of nitrogens with zero attached hydrogens (tertiary/aromatic N) is 1. The molecule has 30 heavy (non-hydrogen) atoms. The minimum absolute atomic E-state index is 0.0500. The molecule has 2 aromatic carbocycles. The van der Waals surface area contributed by atoms with Crippen LogP contribution in [0.4, 0.5) is 5.69 Å². The molecule has 0 bridgehead atoms. The Bertz CT molecular complexity index is 936. The summed E-state index contributed by atoms with van der Waals surface area (Å²) in [4.78, 5) is 39.5. The molecular weight excluding hydrogens is 380 g/mol. The highest BCUT2D eigenvalue weighted by Gasteiger charge is 2.28. The van der Waals surface area contributed by atoms with Crippen molar-refractivity contribution in [1.29, 1.82) is 0 Å². The lowest BCUT2D eigenvalue weighted by molar-refractivity contribution is -0.123. The Morgan fingerprint density at radius 3 is 2.20 bits per heavy atom. The second kappa shape index (κ2) is 8.69. The van der Waals surface area contributed by atoms with Gasteiger partial charge in [0.25, 0.3) is 5.91 Å². The second-order valence-electron chi connectivity index (χ2n) is 8.76. The van der Waals surface area contributed by atoms with Crippen LogP contribution in [0.25, 0.3) is 0 Å². The molecule has 0 unspecified atom stereocenters. The molecular formula is C24H28N2O4. The first kappa shape index (κ1) is 21.6. The van der Waals surface area contributed by atoms with Gasteiger partial charge in [0.1, 0.15) is 5.75 Å². The average Bonchev–Trinajstić information content (AvgIpc) is 2.73. The van der Waals surface area contributed by atoms with Gasteiger partial charge in [0.15, 0.2) is 5.78 Å². The van der Waals surface area contributed by atoms with Crippen molar-refractivity contribution in [2.75, 3.05) is 18.4 Å². The molecule has 1 aliphatic rings. The third-order valence-electron chi connectivity index (χ3n) is 5.35. The highest BCUT2D eigenvalue weighted by atomic mass is 16.3. The van der Waals surface area contributed by atoms with Crippen molar-refractivity contribution < 1.29 is 19.5 Å². The topological polar surface area (TPSA) is 86.7 Å². The molecule has 1 saturated heterocycles. The van der Waals surface area contributed by atoms with Gasteiger partial charge in [-0.2, -0.15) is 0 Å². The summed E-state index contributed by atoms with van der Waals surface area (Å²) in [5.74, 6) is -0.157. The number of carbonyl (C=O) groups is 3. The lowest BCUT2D eigenvalue weighted by atomic mass is 9.88. The minimum atomic E-state index is -0.522. The second-order valence-corrected chi connectivity index (χ2v) is 8.76. The van der Waals surface area contributed by atoms with E-state index in [1.54, 1.807) is 41.3 Å². The van der Waals surface area contributed by atoms with E-state index in [2.05, 4.69) is 5.32 Å². The number of likely N-dealkylation sites (tertiary alicyclic amines) is 1. The Morgan fingerprint density at radius 2 is 1.60 bits per heavy atom. The van der Waals surface area contributed by atoms with Crippen LogP contribution in [0.2, 0.25) is 0 Å². The van der Waals surface area contributed by atoms with Gasteiger partial charge in [0.2, 0.25) is 5.91 Å². The van der Waals surface area contributed by atoms with Crippen molar-refractivity contribution >= 4 is 23.3 Å². The number of phenolic OH excluding ortho intramolecular Hbond substituents is 1. The van der Waals surface area contributed by atoms with Crippen molar-refractivity contribution in [1.82, 2.24) is 4.90 Å². The number of phenols is 1. The molecule has 1 aliphatic heterocycles. The largest absolute Gasteiger partial charge is 0.508 e. The Hall–Kier alpha value is -3.15. The average molecular weight is 408 g/mol. The van der Waals surface area contributed by atoms with Crippen molar-refractivity contribution in [2.45, 2.75) is 33.6 Å². The number of nitrogens with one attached hydrogen (secondary N) is 1. The Balaban J connectivity index is 1.61. The molecule has 0 spiro atoms. The first-order chi connectivity index (χ1) is 14.1. The van der Waals surface area contributed by atoms with Crippen LogP contribution in [0.15, 0.2) is 48.5 Å². The molecule has 0 aromatic heterocycles. The Labute approximate surface area is 176 Å². The summed E-state index contributed by atoms with van der Waals surface area (Å²) in [6.07, 6.45) is 1.21. The van der Waals surface area contributed by atoms with Crippen LogP contribution in [0.1, 0.15) is 54.3 Å². The molecule has 6 heteroatoms.